The van der Waals surface area contributed by atoms with Gasteiger partial charge in [-0.25, -0.2) is 13.2 Å². The maximum absolute atomic E-state index is 12.2. The minimum absolute atomic E-state index is 0.0546. The zero-order chi connectivity index (χ0) is 19.9. The molecule has 152 valence electrons. The number of amides is 2. The molecule has 0 saturated carbocycles. The standard InChI is InChI=1S/C19H31N3O4S/c1-4-27(24,25)18-7-5-16(6-8-18)21-19(23)20-14-17(13-15(2)3)22-9-11-26-12-10-22/h5-8,15,17H,4,9-14H2,1-3H3,(H2,20,21,23)/t17-/m0/s1. The fourth-order valence-corrected chi connectivity index (χ4v) is 4.03. The highest BCUT2D eigenvalue weighted by Gasteiger charge is 2.22. The summed E-state index contributed by atoms with van der Waals surface area (Å²) < 4.78 is 29.1. The van der Waals surface area contributed by atoms with Gasteiger partial charge in [0, 0.05) is 31.4 Å². The monoisotopic (exact) mass is 397 g/mol. The molecule has 1 atom stereocenters. The van der Waals surface area contributed by atoms with E-state index in [1.165, 1.54) is 12.1 Å². The van der Waals surface area contributed by atoms with Gasteiger partial charge in [-0.3, -0.25) is 4.90 Å². The molecule has 2 amide bonds. The lowest BCUT2D eigenvalue weighted by atomic mass is 10.0. The van der Waals surface area contributed by atoms with Crippen molar-refractivity contribution in [1.29, 1.82) is 0 Å². The highest BCUT2D eigenvalue weighted by molar-refractivity contribution is 7.91. The predicted molar refractivity (Wildman–Crippen MR) is 107 cm³/mol. The van der Waals surface area contributed by atoms with Crippen molar-refractivity contribution in [1.82, 2.24) is 10.2 Å². The van der Waals surface area contributed by atoms with Gasteiger partial charge >= 0.3 is 6.03 Å². The third kappa shape index (κ3) is 6.79. The molecule has 0 aliphatic carbocycles. The van der Waals surface area contributed by atoms with Gasteiger partial charge in [0.1, 0.15) is 0 Å². The second-order valence-electron chi connectivity index (χ2n) is 7.19. The quantitative estimate of drug-likeness (QED) is 0.703. The summed E-state index contributed by atoms with van der Waals surface area (Å²) in [7, 11) is -3.23. The molecule has 0 spiro atoms. The summed E-state index contributed by atoms with van der Waals surface area (Å²) in [4.78, 5) is 14.9. The fraction of sp³-hybridized carbons (Fsp3) is 0.632. The average Bonchev–Trinajstić information content (AvgIpc) is 2.66. The summed E-state index contributed by atoms with van der Waals surface area (Å²) in [5.41, 5.74) is 0.564. The van der Waals surface area contributed by atoms with Crippen molar-refractivity contribution < 1.29 is 17.9 Å². The number of nitrogens with zero attached hydrogens (tertiary/aromatic N) is 1. The minimum atomic E-state index is -3.23. The number of nitrogens with one attached hydrogen (secondary N) is 2. The number of benzene rings is 1. The van der Waals surface area contributed by atoms with E-state index in [2.05, 4.69) is 29.4 Å². The highest BCUT2D eigenvalue weighted by atomic mass is 32.2. The van der Waals surface area contributed by atoms with Crippen molar-refractivity contribution in [3.63, 3.8) is 0 Å². The minimum Gasteiger partial charge on any atom is -0.379 e. The Bertz CT molecular complexity index is 698. The van der Waals surface area contributed by atoms with Crippen molar-refractivity contribution in [2.75, 3.05) is 43.9 Å². The van der Waals surface area contributed by atoms with Crippen molar-refractivity contribution in [2.24, 2.45) is 5.92 Å². The number of urea groups is 1. The second kappa shape index (κ2) is 10.1. The molecule has 27 heavy (non-hydrogen) atoms. The molecule has 0 radical (unpaired) electrons. The Balaban J connectivity index is 1.89. The van der Waals surface area contributed by atoms with Crippen molar-refractivity contribution in [3.05, 3.63) is 24.3 Å². The smallest absolute Gasteiger partial charge is 0.319 e. The molecule has 0 bridgehead atoms. The van der Waals surface area contributed by atoms with Gasteiger partial charge in [0.15, 0.2) is 9.84 Å². The van der Waals surface area contributed by atoms with Gasteiger partial charge in [-0.05, 0) is 36.6 Å². The fourth-order valence-electron chi connectivity index (χ4n) is 3.15. The molecule has 2 rings (SSSR count). The van der Waals surface area contributed by atoms with E-state index in [-0.39, 0.29) is 22.7 Å². The van der Waals surface area contributed by atoms with Crippen LogP contribution in [-0.4, -0.2) is 64.0 Å². The van der Waals surface area contributed by atoms with E-state index in [4.69, 9.17) is 4.74 Å². The number of morpholine rings is 1. The Labute approximate surface area is 162 Å². The van der Waals surface area contributed by atoms with Gasteiger partial charge in [-0.2, -0.15) is 0 Å². The van der Waals surface area contributed by atoms with Gasteiger partial charge in [0.25, 0.3) is 0 Å². The van der Waals surface area contributed by atoms with E-state index >= 15 is 0 Å². The molecule has 1 fully saturated rings. The Morgan fingerprint density at radius 1 is 1.19 bits per heavy atom. The first kappa shape index (κ1) is 21.7. The molecule has 2 N–H and O–H groups in total. The molecule has 0 aromatic heterocycles. The van der Waals surface area contributed by atoms with Crippen molar-refractivity contribution >= 4 is 21.6 Å². The van der Waals surface area contributed by atoms with Gasteiger partial charge in [0.05, 0.1) is 23.9 Å². The Hall–Kier alpha value is -1.64. The first-order chi connectivity index (χ1) is 12.8. The summed E-state index contributed by atoms with van der Waals surface area (Å²) >= 11 is 0. The first-order valence-corrected chi connectivity index (χ1v) is 11.2. The van der Waals surface area contributed by atoms with E-state index in [0.717, 1.165) is 32.7 Å². The average molecular weight is 398 g/mol. The third-order valence-corrected chi connectivity index (χ3v) is 6.41. The molecule has 7 nitrogen and oxygen atoms in total. The van der Waals surface area contributed by atoms with Crippen LogP contribution >= 0.6 is 0 Å². The van der Waals surface area contributed by atoms with Crippen LogP contribution in [0.5, 0.6) is 0 Å². The van der Waals surface area contributed by atoms with Crippen LogP contribution in [0.4, 0.5) is 10.5 Å². The number of rotatable bonds is 8. The van der Waals surface area contributed by atoms with Crippen LogP contribution in [0.2, 0.25) is 0 Å². The number of sulfone groups is 1. The Morgan fingerprint density at radius 2 is 1.81 bits per heavy atom. The Kier molecular flexibility index (Phi) is 8.07. The lowest BCUT2D eigenvalue weighted by molar-refractivity contribution is 0.0130. The molecule has 1 heterocycles. The second-order valence-corrected chi connectivity index (χ2v) is 9.47. The zero-order valence-corrected chi connectivity index (χ0v) is 17.2. The van der Waals surface area contributed by atoms with Crippen LogP contribution in [0.25, 0.3) is 0 Å². The SMILES string of the molecule is CCS(=O)(=O)c1ccc(NC(=O)NC[C@H](CC(C)C)N2CCOCC2)cc1. The molecule has 1 aromatic carbocycles. The summed E-state index contributed by atoms with van der Waals surface area (Å²) in [6.45, 7) is 9.76. The predicted octanol–water partition coefficient (Wildman–Crippen LogP) is 2.35. The number of carbonyl (C=O) groups is 1. The lowest BCUT2D eigenvalue weighted by Crippen LogP contribution is -2.49. The van der Waals surface area contributed by atoms with Crippen molar-refractivity contribution in [3.8, 4) is 0 Å². The van der Waals surface area contributed by atoms with Gasteiger partial charge in [-0.1, -0.05) is 20.8 Å². The van der Waals surface area contributed by atoms with Crippen LogP contribution in [-0.2, 0) is 14.6 Å². The van der Waals surface area contributed by atoms with Gasteiger partial charge in [-0.15, -0.1) is 0 Å². The van der Waals surface area contributed by atoms with Crippen molar-refractivity contribution in [2.45, 2.75) is 38.1 Å². The molecular formula is C19H31N3O4S. The molecule has 1 aromatic rings. The van der Waals surface area contributed by atoms with E-state index in [1.54, 1.807) is 19.1 Å². The molecule has 1 aliphatic rings. The molecule has 0 unspecified atom stereocenters. The number of carbonyl (C=O) groups excluding carboxylic acids is 1. The summed E-state index contributed by atoms with van der Waals surface area (Å²) in [5, 5.41) is 5.70. The van der Waals surface area contributed by atoms with E-state index < -0.39 is 9.84 Å². The van der Waals surface area contributed by atoms with E-state index in [1.807, 2.05) is 0 Å². The number of hydrogen-bond acceptors (Lipinski definition) is 5. The Morgan fingerprint density at radius 3 is 2.37 bits per heavy atom. The number of ether oxygens (including phenoxy) is 1. The van der Waals surface area contributed by atoms with Crippen LogP contribution in [0.1, 0.15) is 27.2 Å². The molecular weight excluding hydrogens is 366 g/mol. The number of hydrogen-bond donors (Lipinski definition) is 2. The number of anilines is 1. The van der Waals surface area contributed by atoms with Crippen LogP contribution in [0.15, 0.2) is 29.2 Å². The highest BCUT2D eigenvalue weighted by Crippen LogP contribution is 2.16. The van der Waals surface area contributed by atoms with Crippen LogP contribution < -0.4 is 10.6 Å². The van der Waals surface area contributed by atoms with Crippen LogP contribution in [0.3, 0.4) is 0 Å². The summed E-state index contributed by atoms with van der Waals surface area (Å²) in [6, 6.07) is 6.23. The lowest BCUT2D eigenvalue weighted by Gasteiger charge is -2.35. The molecule has 1 aliphatic heterocycles. The van der Waals surface area contributed by atoms with Gasteiger partial charge in [0.2, 0.25) is 0 Å². The topological polar surface area (TPSA) is 87.7 Å². The maximum atomic E-state index is 12.2. The van der Waals surface area contributed by atoms with E-state index in [0.29, 0.717) is 18.2 Å². The normalized spacial score (nSPS) is 16.9. The van der Waals surface area contributed by atoms with E-state index in [9.17, 15) is 13.2 Å². The third-order valence-electron chi connectivity index (χ3n) is 4.66. The van der Waals surface area contributed by atoms with Crippen LogP contribution in [0, 0.1) is 5.92 Å². The summed E-state index contributed by atoms with van der Waals surface area (Å²) in [6.07, 6.45) is 1.00. The summed E-state index contributed by atoms with van der Waals surface area (Å²) in [5.74, 6) is 0.592. The molecule has 1 saturated heterocycles. The first-order valence-electron chi connectivity index (χ1n) is 9.51. The zero-order valence-electron chi connectivity index (χ0n) is 16.4. The maximum Gasteiger partial charge on any atom is 0.319 e. The van der Waals surface area contributed by atoms with Gasteiger partial charge < -0.3 is 15.4 Å². The largest absolute Gasteiger partial charge is 0.379 e. The molecule has 8 heteroatoms.